The first-order valence-corrected chi connectivity index (χ1v) is 6.56. The molecule has 0 atom stereocenters. The van der Waals surface area contributed by atoms with Crippen molar-refractivity contribution in [2.75, 3.05) is 32.1 Å². The van der Waals surface area contributed by atoms with Crippen LogP contribution in [-0.4, -0.2) is 42.4 Å². The number of aromatic amines is 1. The number of anilines is 1. The molecule has 0 aliphatic rings. The molecule has 20 heavy (non-hydrogen) atoms. The second kappa shape index (κ2) is 6.93. The van der Waals surface area contributed by atoms with E-state index in [0.717, 1.165) is 10.9 Å². The van der Waals surface area contributed by atoms with Crippen molar-refractivity contribution in [2.24, 2.45) is 0 Å². The number of hydrogen-bond acceptors (Lipinski definition) is 4. The molecule has 2 rings (SSSR count). The monoisotopic (exact) mass is 277 g/mol. The summed E-state index contributed by atoms with van der Waals surface area (Å²) < 4.78 is 5.12. The summed E-state index contributed by atoms with van der Waals surface area (Å²) in [5.74, 6) is -0.122. The lowest BCUT2D eigenvalue weighted by molar-refractivity contribution is 0.0868. The Kier molecular flexibility index (Phi) is 4.97. The average molecular weight is 277 g/mol. The summed E-state index contributed by atoms with van der Waals surface area (Å²) >= 11 is 0. The predicted octanol–water partition coefficient (Wildman–Crippen LogP) is 0.879. The lowest BCUT2D eigenvalue weighted by atomic mass is 10.1. The molecule has 6 nitrogen and oxygen atoms in total. The van der Waals surface area contributed by atoms with Crippen LogP contribution >= 0.6 is 0 Å². The molecule has 2 aromatic rings. The third-order valence-electron chi connectivity index (χ3n) is 2.94. The van der Waals surface area contributed by atoms with Crippen LogP contribution in [0.25, 0.3) is 10.9 Å². The number of nitrogens with one attached hydrogen (secondary N) is 2. The van der Waals surface area contributed by atoms with Gasteiger partial charge >= 0.3 is 0 Å². The number of rotatable bonds is 7. The largest absolute Gasteiger partial charge is 0.399 e. The molecule has 0 aliphatic carbocycles. The molecule has 5 N–H and O–H groups in total. The number of nitrogens with two attached hydrogens (primary N) is 1. The quantitative estimate of drug-likeness (QED) is 0.446. The summed E-state index contributed by atoms with van der Waals surface area (Å²) in [7, 11) is 0. The van der Waals surface area contributed by atoms with E-state index in [9.17, 15) is 4.79 Å². The van der Waals surface area contributed by atoms with Crippen LogP contribution in [0.4, 0.5) is 5.69 Å². The number of carbonyl (C=O) groups excluding carboxylic acids is 1. The van der Waals surface area contributed by atoms with Crippen molar-refractivity contribution in [3.8, 4) is 0 Å². The van der Waals surface area contributed by atoms with Crippen LogP contribution in [0.3, 0.4) is 0 Å². The predicted molar refractivity (Wildman–Crippen MR) is 77.6 cm³/mol. The minimum atomic E-state index is -0.122. The van der Waals surface area contributed by atoms with Crippen LogP contribution in [-0.2, 0) is 4.74 Å². The third kappa shape index (κ3) is 3.49. The fraction of sp³-hybridized carbons (Fsp3) is 0.357. The molecule has 0 aliphatic heterocycles. The number of amides is 1. The van der Waals surface area contributed by atoms with E-state index in [0.29, 0.717) is 37.4 Å². The van der Waals surface area contributed by atoms with Crippen LogP contribution in [0.2, 0.25) is 0 Å². The Morgan fingerprint density at radius 3 is 3.05 bits per heavy atom. The van der Waals surface area contributed by atoms with Gasteiger partial charge in [-0.1, -0.05) is 0 Å². The molecule has 0 bridgehead atoms. The van der Waals surface area contributed by atoms with E-state index < -0.39 is 0 Å². The van der Waals surface area contributed by atoms with Crippen molar-refractivity contribution in [1.82, 2.24) is 10.3 Å². The summed E-state index contributed by atoms with van der Waals surface area (Å²) in [5, 5.41) is 12.2. The average Bonchev–Trinajstić information content (AvgIpc) is 2.85. The van der Waals surface area contributed by atoms with Gasteiger partial charge in [-0.05, 0) is 24.6 Å². The first kappa shape index (κ1) is 14.4. The van der Waals surface area contributed by atoms with Crippen molar-refractivity contribution >= 4 is 22.5 Å². The van der Waals surface area contributed by atoms with E-state index in [1.807, 2.05) is 6.07 Å². The molecule has 6 heteroatoms. The summed E-state index contributed by atoms with van der Waals surface area (Å²) in [6, 6.07) is 5.41. The number of benzene rings is 1. The van der Waals surface area contributed by atoms with Crippen molar-refractivity contribution in [1.29, 1.82) is 0 Å². The van der Waals surface area contributed by atoms with E-state index in [4.69, 9.17) is 15.6 Å². The summed E-state index contributed by atoms with van der Waals surface area (Å²) in [5.41, 5.74) is 7.81. The third-order valence-corrected chi connectivity index (χ3v) is 2.94. The molecule has 0 radical (unpaired) electrons. The minimum Gasteiger partial charge on any atom is -0.399 e. The number of H-pyrrole nitrogens is 1. The number of aromatic nitrogens is 1. The van der Waals surface area contributed by atoms with Gasteiger partial charge in [0.05, 0.1) is 18.8 Å². The molecule has 1 amide bonds. The van der Waals surface area contributed by atoms with Crippen molar-refractivity contribution in [2.45, 2.75) is 6.42 Å². The number of nitrogen functional groups attached to an aromatic ring is 1. The normalized spacial score (nSPS) is 10.8. The topological polar surface area (TPSA) is 100 Å². The van der Waals surface area contributed by atoms with Crippen molar-refractivity contribution in [3.63, 3.8) is 0 Å². The highest BCUT2D eigenvalue weighted by Gasteiger charge is 2.11. The summed E-state index contributed by atoms with van der Waals surface area (Å²) in [6.07, 6.45) is 2.39. The Balaban J connectivity index is 1.88. The lowest BCUT2D eigenvalue weighted by Crippen LogP contribution is -2.25. The van der Waals surface area contributed by atoms with Gasteiger partial charge in [0.15, 0.2) is 0 Å². The van der Waals surface area contributed by atoms with E-state index >= 15 is 0 Å². The Morgan fingerprint density at radius 2 is 2.25 bits per heavy atom. The van der Waals surface area contributed by atoms with Crippen LogP contribution in [0.15, 0.2) is 24.4 Å². The Hall–Kier alpha value is -2.05. The molecule has 108 valence electrons. The highest BCUT2D eigenvalue weighted by atomic mass is 16.5. The maximum absolute atomic E-state index is 12.1. The SMILES string of the molecule is Nc1ccc2c(C(=O)NCCCOCCO)c[nH]c2c1. The van der Waals surface area contributed by atoms with Gasteiger partial charge in [-0.2, -0.15) is 0 Å². The fourth-order valence-electron chi connectivity index (χ4n) is 1.97. The lowest BCUT2D eigenvalue weighted by Gasteiger charge is -2.05. The van der Waals surface area contributed by atoms with Crippen molar-refractivity contribution < 1.29 is 14.6 Å². The van der Waals surface area contributed by atoms with Gasteiger partial charge in [-0.25, -0.2) is 0 Å². The van der Waals surface area contributed by atoms with Gasteiger partial charge in [0, 0.05) is 35.9 Å². The number of carbonyl (C=O) groups is 1. The number of hydrogen-bond donors (Lipinski definition) is 4. The molecule has 1 heterocycles. The fourth-order valence-corrected chi connectivity index (χ4v) is 1.97. The van der Waals surface area contributed by atoms with Gasteiger partial charge in [-0.3, -0.25) is 4.79 Å². The number of ether oxygens (including phenoxy) is 1. The smallest absolute Gasteiger partial charge is 0.253 e. The minimum absolute atomic E-state index is 0.0187. The Labute approximate surface area is 116 Å². The van der Waals surface area contributed by atoms with Crippen molar-refractivity contribution in [3.05, 3.63) is 30.0 Å². The van der Waals surface area contributed by atoms with Crippen LogP contribution in [0.1, 0.15) is 16.8 Å². The van der Waals surface area contributed by atoms with Crippen LogP contribution < -0.4 is 11.1 Å². The van der Waals surface area contributed by atoms with Gasteiger partial charge in [0.1, 0.15) is 0 Å². The number of fused-ring (bicyclic) bond motifs is 1. The summed E-state index contributed by atoms with van der Waals surface area (Å²) in [6.45, 7) is 1.40. The number of aliphatic hydroxyl groups is 1. The van der Waals surface area contributed by atoms with E-state index in [2.05, 4.69) is 10.3 Å². The second-order valence-corrected chi connectivity index (χ2v) is 4.45. The second-order valence-electron chi connectivity index (χ2n) is 4.45. The van der Waals surface area contributed by atoms with Gasteiger partial charge in [0.2, 0.25) is 0 Å². The number of aliphatic hydroxyl groups excluding tert-OH is 1. The first-order valence-electron chi connectivity index (χ1n) is 6.56. The Bertz CT molecular complexity index is 580. The van der Waals surface area contributed by atoms with Gasteiger partial charge < -0.3 is 25.9 Å². The molecule has 0 saturated heterocycles. The van der Waals surface area contributed by atoms with Gasteiger partial charge in [0.25, 0.3) is 5.91 Å². The highest BCUT2D eigenvalue weighted by molar-refractivity contribution is 6.07. The van der Waals surface area contributed by atoms with E-state index in [1.165, 1.54) is 0 Å². The maximum atomic E-state index is 12.1. The highest BCUT2D eigenvalue weighted by Crippen LogP contribution is 2.20. The Morgan fingerprint density at radius 1 is 1.40 bits per heavy atom. The molecule has 1 aromatic heterocycles. The molecule has 0 unspecified atom stereocenters. The molecule has 1 aromatic carbocycles. The van der Waals surface area contributed by atoms with Gasteiger partial charge in [-0.15, -0.1) is 0 Å². The zero-order valence-corrected chi connectivity index (χ0v) is 11.2. The van der Waals surface area contributed by atoms with Crippen LogP contribution in [0.5, 0.6) is 0 Å². The zero-order valence-electron chi connectivity index (χ0n) is 11.2. The zero-order chi connectivity index (χ0) is 14.4. The molecule has 0 fully saturated rings. The maximum Gasteiger partial charge on any atom is 0.253 e. The standard InChI is InChI=1S/C14H19N3O3/c15-10-2-3-11-12(9-17-13(11)8-10)14(19)16-4-1-6-20-7-5-18/h2-3,8-9,17-18H,1,4-7,15H2,(H,16,19). The molecular weight excluding hydrogens is 258 g/mol. The first-order chi connectivity index (χ1) is 9.72. The van der Waals surface area contributed by atoms with E-state index in [1.54, 1.807) is 18.3 Å². The molecule has 0 saturated carbocycles. The molecular formula is C14H19N3O3. The van der Waals surface area contributed by atoms with Crippen LogP contribution in [0, 0.1) is 0 Å². The summed E-state index contributed by atoms with van der Waals surface area (Å²) in [4.78, 5) is 15.1. The molecule has 0 spiro atoms. The van der Waals surface area contributed by atoms with E-state index in [-0.39, 0.29) is 12.5 Å².